The van der Waals surface area contributed by atoms with Gasteiger partial charge in [0.25, 0.3) is 0 Å². The molecule has 1 fully saturated rings. The third-order valence-corrected chi connectivity index (χ3v) is 4.47. The lowest BCUT2D eigenvalue weighted by Gasteiger charge is -2.25. The van der Waals surface area contributed by atoms with Crippen LogP contribution in [0.2, 0.25) is 0 Å². The summed E-state index contributed by atoms with van der Waals surface area (Å²) < 4.78 is 0. The van der Waals surface area contributed by atoms with Crippen molar-refractivity contribution in [2.75, 3.05) is 6.54 Å². The number of aryl methyl sites for hydroxylation is 1. The third kappa shape index (κ3) is 4.07. The normalized spacial score (nSPS) is 18.3. The molecule has 19 heavy (non-hydrogen) atoms. The molecule has 1 aliphatic rings. The van der Waals surface area contributed by atoms with Crippen molar-refractivity contribution in [3.63, 3.8) is 0 Å². The minimum atomic E-state index is 0.540. The Bertz CT molecular complexity index is 364. The third-order valence-electron chi connectivity index (χ3n) is 4.47. The summed E-state index contributed by atoms with van der Waals surface area (Å²) in [5.74, 6) is 1.71. The van der Waals surface area contributed by atoms with Crippen molar-refractivity contribution < 1.29 is 0 Å². The summed E-state index contributed by atoms with van der Waals surface area (Å²) in [5, 5.41) is 3.68. The number of benzene rings is 1. The zero-order valence-corrected chi connectivity index (χ0v) is 12.8. The maximum atomic E-state index is 3.68. The van der Waals surface area contributed by atoms with Crippen LogP contribution in [-0.4, -0.2) is 6.54 Å². The van der Waals surface area contributed by atoms with Gasteiger partial charge in [-0.3, -0.25) is 0 Å². The monoisotopic (exact) mass is 259 g/mol. The Balaban J connectivity index is 2.03. The highest BCUT2D eigenvalue weighted by Crippen LogP contribution is 2.42. The standard InChI is InChI=1S/C18H29N/c1-4-6-7-15-8-10-17(11-9-15)18(19-5-2)14(3)16-12-13-16/h8-11,14,16,18-19H,4-7,12-13H2,1-3H3. The maximum absolute atomic E-state index is 3.68. The SMILES string of the molecule is CCCCc1ccc(C(NCC)C(C)C2CC2)cc1. The summed E-state index contributed by atoms with van der Waals surface area (Å²) in [7, 11) is 0. The van der Waals surface area contributed by atoms with Crippen LogP contribution in [0.25, 0.3) is 0 Å². The van der Waals surface area contributed by atoms with Gasteiger partial charge in [-0.1, -0.05) is 51.5 Å². The fourth-order valence-electron chi connectivity index (χ4n) is 2.99. The van der Waals surface area contributed by atoms with E-state index in [9.17, 15) is 0 Å². The van der Waals surface area contributed by atoms with E-state index in [1.165, 1.54) is 43.2 Å². The van der Waals surface area contributed by atoms with Crippen molar-refractivity contribution in [2.24, 2.45) is 11.8 Å². The molecule has 1 aromatic rings. The maximum Gasteiger partial charge on any atom is 0.0348 e. The number of hydrogen-bond donors (Lipinski definition) is 1. The number of hydrogen-bond acceptors (Lipinski definition) is 1. The molecule has 0 aliphatic heterocycles. The van der Waals surface area contributed by atoms with E-state index in [1.807, 2.05) is 0 Å². The molecule has 106 valence electrons. The molecular weight excluding hydrogens is 230 g/mol. The molecule has 1 N–H and O–H groups in total. The summed E-state index contributed by atoms with van der Waals surface area (Å²) in [5.41, 5.74) is 2.96. The molecule has 2 atom stereocenters. The van der Waals surface area contributed by atoms with E-state index >= 15 is 0 Å². The van der Waals surface area contributed by atoms with Crippen LogP contribution in [0.5, 0.6) is 0 Å². The van der Waals surface area contributed by atoms with Crippen LogP contribution in [0.3, 0.4) is 0 Å². The van der Waals surface area contributed by atoms with Gasteiger partial charge in [-0.2, -0.15) is 0 Å². The lowest BCUT2D eigenvalue weighted by Crippen LogP contribution is -2.27. The zero-order chi connectivity index (χ0) is 13.7. The molecule has 2 unspecified atom stereocenters. The van der Waals surface area contributed by atoms with Crippen molar-refractivity contribution in [2.45, 2.75) is 58.9 Å². The lowest BCUT2D eigenvalue weighted by molar-refractivity contribution is 0.355. The van der Waals surface area contributed by atoms with Crippen LogP contribution < -0.4 is 5.32 Å². The van der Waals surface area contributed by atoms with Gasteiger partial charge in [0.1, 0.15) is 0 Å². The smallest absolute Gasteiger partial charge is 0.0348 e. The van der Waals surface area contributed by atoms with E-state index in [2.05, 4.69) is 50.4 Å². The molecule has 1 saturated carbocycles. The first kappa shape index (κ1) is 14.6. The van der Waals surface area contributed by atoms with Crippen molar-refractivity contribution in [1.82, 2.24) is 5.32 Å². The Morgan fingerprint density at radius 2 is 1.84 bits per heavy atom. The molecule has 0 saturated heterocycles. The highest BCUT2D eigenvalue weighted by atomic mass is 14.9. The quantitative estimate of drug-likeness (QED) is 0.712. The predicted octanol–water partition coefficient (Wildman–Crippen LogP) is 4.73. The Labute approximate surface area is 118 Å². The molecule has 2 rings (SSSR count). The van der Waals surface area contributed by atoms with Gasteiger partial charge in [-0.25, -0.2) is 0 Å². The molecule has 0 amide bonds. The summed E-state index contributed by atoms with van der Waals surface area (Å²) in [6.45, 7) is 7.93. The first-order valence-corrected chi connectivity index (χ1v) is 8.08. The second-order valence-corrected chi connectivity index (χ2v) is 6.08. The molecule has 0 heterocycles. The van der Waals surface area contributed by atoms with E-state index in [4.69, 9.17) is 0 Å². The summed E-state index contributed by atoms with van der Waals surface area (Å²) >= 11 is 0. The van der Waals surface area contributed by atoms with Gasteiger partial charge in [-0.15, -0.1) is 0 Å². The second kappa shape index (κ2) is 7.09. The van der Waals surface area contributed by atoms with E-state index in [1.54, 1.807) is 0 Å². The van der Waals surface area contributed by atoms with Gasteiger partial charge in [0.05, 0.1) is 0 Å². The van der Waals surface area contributed by atoms with Gasteiger partial charge in [-0.05, 0) is 55.2 Å². The van der Waals surface area contributed by atoms with Crippen LogP contribution in [0.1, 0.15) is 63.6 Å². The second-order valence-electron chi connectivity index (χ2n) is 6.08. The molecule has 0 spiro atoms. The van der Waals surface area contributed by atoms with Crippen molar-refractivity contribution in [3.05, 3.63) is 35.4 Å². The number of unbranched alkanes of at least 4 members (excludes halogenated alkanes) is 1. The van der Waals surface area contributed by atoms with Crippen LogP contribution in [0, 0.1) is 11.8 Å². The number of rotatable bonds is 8. The molecular formula is C18H29N. The van der Waals surface area contributed by atoms with Gasteiger partial charge in [0.15, 0.2) is 0 Å². The van der Waals surface area contributed by atoms with Gasteiger partial charge < -0.3 is 5.32 Å². The molecule has 1 aliphatic carbocycles. The summed E-state index contributed by atoms with van der Waals surface area (Å²) in [4.78, 5) is 0. The molecule has 0 aromatic heterocycles. The summed E-state index contributed by atoms with van der Waals surface area (Å²) in [6, 6.07) is 9.89. The fourth-order valence-corrected chi connectivity index (χ4v) is 2.99. The largest absolute Gasteiger partial charge is 0.310 e. The highest BCUT2D eigenvalue weighted by Gasteiger charge is 2.33. The van der Waals surface area contributed by atoms with E-state index < -0.39 is 0 Å². The zero-order valence-electron chi connectivity index (χ0n) is 12.8. The predicted molar refractivity (Wildman–Crippen MR) is 83.4 cm³/mol. The van der Waals surface area contributed by atoms with Crippen LogP contribution in [0.4, 0.5) is 0 Å². The molecule has 0 bridgehead atoms. The van der Waals surface area contributed by atoms with Gasteiger partial charge >= 0.3 is 0 Å². The molecule has 1 heteroatoms. The minimum absolute atomic E-state index is 0.540. The van der Waals surface area contributed by atoms with Crippen LogP contribution in [0.15, 0.2) is 24.3 Å². The first-order valence-electron chi connectivity index (χ1n) is 8.08. The topological polar surface area (TPSA) is 12.0 Å². The average Bonchev–Trinajstić information content (AvgIpc) is 3.27. The molecule has 1 nitrogen and oxygen atoms in total. The van der Waals surface area contributed by atoms with Gasteiger partial charge in [0.2, 0.25) is 0 Å². The lowest BCUT2D eigenvalue weighted by atomic mass is 9.90. The molecule has 0 radical (unpaired) electrons. The van der Waals surface area contributed by atoms with Crippen molar-refractivity contribution in [3.8, 4) is 0 Å². The van der Waals surface area contributed by atoms with Crippen molar-refractivity contribution >= 4 is 0 Å². The highest BCUT2D eigenvalue weighted by molar-refractivity contribution is 5.26. The Hall–Kier alpha value is -0.820. The van der Waals surface area contributed by atoms with E-state index in [0.29, 0.717) is 6.04 Å². The molecule has 1 aromatic carbocycles. The van der Waals surface area contributed by atoms with E-state index in [-0.39, 0.29) is 0 Å². The fraction of sp³-hybridized carbons (Fsp3) is 0.667. The van der Waals surface area contributed by atoms with Gasteiger partial charge in [0, 0.05) is 6.04 Å². The summed E-state index contributed by atoms with van der Waals surface area (Å²) in [6.07, 6.45) is 6.66. The Kier molecular flexibility index (Phi) is 5.45. The Morgan fingerprint density at radius 3 is 2.37 bits per heavy atom. The van der Waals surface area contributed by atoms with Crippen LogP contribution >= 0.6 is 0 Å². The first-order chi connectivity index (χ1) is 9.26. The van der Waals surface area contributed by atoms with E-state index in [0.717, 1.165) is 18.4 Å². The Morgan fingerprint density at radius 1 is 1.16 bits per heavy atom. The minimum Gasteiger partial charge on any atom is -0.310 e. The van der Waals surface area contributed by atoms with Crippen molar-refractivity contribution in [1.29, 1.82) is 0 Å². The average molecular weight is 259 g/mol. The number of nitrogens with one attached hydrogen (secondary N) is 1. The van der Waals surface area contributed by atoms with Crippen LogP contribution in [-0.2, 0) is 6.42 Å².